The van der Waals surface area contributed by atoms with E-state index in [0.717, 1.165) is 19.3 Å². The van der Waals surface area contributed by atoms with Gasteiger partial charge in [-0.3, -0.25) is 23.9 Å². The number of esters is 1. The second-order valence-electron chi connectivity index (χ2n) is 14.2. The number of amides is 1. The molecule has 6 N–H and O–H groups in total. The molecule has 52 heavy (non-hydrogen) atoms. The molecule has 0 radical (unpaired) electrons. The van der Waals surface area contributed by atoms with Gasteiger partial charge in [0.2, 0.25) is 5.91 Å². The van der Waals surface area contributed by atoms with Crippen LogP contribution in [0.2, 0.25) is 5.02 Å². The fourth-order valence-corrected chi connectivity index (χ4v) is 8.18. The molecule has 1 aliphatic carbocycles. The van der Waals surface area contributed by atoms with E-state index in [1.165, 1.54) is 18.2 Å². The molecule has 1 saturated carbocycles. The number of phosphoric acid groups is 1. The van der Waals surface area contributed by atoms with E-state index >= 15 is 0 Å². The van der Waals surface area contributed by atoms with Crippen LogP contribution < -0.4 is 19.9 Å². The van der Waals surface area contributed by atoms with Gasteiger partial charge < -0.3 is 34.4 Å². The second kappa shape index (κ2) is 18.2. The average molecular weight is 793 g/mol. The lowest BCUT2D eigenvalue weighted by molar-refractivity contribution is -0.156. The summed E-state index contributed by atoms with van der Waals surface area (Å²) in [5.74, 6) is -1.28. The lowest BCUT2D eigenvalue weighted by atomic mass is 9.75. The third-order valence-electron chi connectivity index (χ3n) is 9.48. The first-order chi connectivity index (χ1) is 24.1. The second-order valence-corrected chi connectivity index (χ2v) is 17.6. The van der Waals surface area contributed by atoms with Gasteiger partial charge in [-0.1, -0.05) is 44.9 Å². The van der Waals surface area contributed by atoms with E-state index in [4.69, 9.17) is 25.6 Å². The van der Waals surface area contributed by atoms with Crippen molar-refractivity contribution in [2.75, 3.05) is 19.8 Å². The highest BCUT2D eigenvalue weighted by Crippen LogP contribution is 2.48. The van der Waals surface area contributed by atoms with Crippen molar-refractivity contribution in [1.29, 1.82) is 0 Å². The minimum absolute atomic E-state index is 0.00347. The Hall–Kier alpha value is -2.54. The van der Waals surface area contributed by atoms with Crippen LogP contribution in [0.3, 0.4) is 0 Å². The monoisotopic (exact) mass is 792 g/mol. The third kappa shape index (κ3) is 12.8. The van der Waals surface area contributed by atoms with Crippen LogP contribution in [-0.4, -0.2) is 69.0 Å². The van der Waals surface area contributed by atoms with Crippen molar-refractivity contribution in [2.24, 2.45) is 0 Å². The SMILES string of the molecule is CCCC1(NC)CCC(NC(=O)CCc2ccc(Cl)c(F)c2)C(OC(=O)CC(C)(C)c2c(OP(=O)(O)O)cc(C)c(OCCCP(=O)(O)O)c2C)C1. The van der Waals surface area contributed by atoms with Crippen molar-refractivity contribution in [3.05, 3.63) is 57.4 Å². The number of ether oxygens (including phenoxy) is 2. The lowest BCUT2D eigenvalue weighted by Gasteiger charge is -2.44. The number of hydrogen-bond acceptors (Lipinski definition) is 8. The Morgan fingerprint density at radius 3 is 2.42 bits per heavy atom. The number of phosphoric ester groups is 1. The molecule has 2 aromatic rings. The zero-order chi connectivity index (χ0) is 39.1. The lowest BCUT2D eigenvalue weighted by Crippen LogP contribution is -2.57. The molecule has 2 aromatic carbocycles. The fourth-order valence-electron chi connectivity index (χ4n) is 7.12. The quantitative estimate of drug-likeness (QED) is 0.0572. The average Bonchev–Trinajstić information content (AvgIpc) is 3.00. The standard InChI is InChI=1S/C35H52ClFN2O11P2/c1-7-14-35(38-6)15-13-27(39-30(40)12-10-24-9-11-25(36)26(37)19-24)29(20-35)49-31(41)21-34(4,5)32-23(3)33(48-16-8-17-51(42,43)44)22(2)18-28(32)50-52(45,46)47/h9,11,18-19,27,29,38H,7-8,10,12-17,20-21H2,1-6H3,(H,39,40)(H2,42,43,44)(H2,45,46,47). The molecule has 1 aliphatic rings. The van der Waals surface area contributed by atoms with Gasteiger partial charge in [0.05, 0.1) is 30.3 Å². The fraction of sp³-hybridized carbons (Fsp3) is 0.600. The van der Waals surface area contributed by atoms with Crippen molar-refractivity contribution < 1.29 is 56.7 Å². The van der Waals surface area contributed by atoms with Crippen LogP contribution in [0.5, 0.6) is 11.5 Å². The minimum atomic E-state index is -5.04. The Labute approximate surface area is 309 Å². The Morgan fingerprint density at radius 1 is 1.13 bits per heavy atom. The summed E-state index contributed by atoms with van der Waals surface area (Å²) in [6, 6.07) is 5.29. The van der Waals surface area contributed by atoms with Crippen LogP contribution in [0.15, 0.2) is 24.3 Å². The van der Waals surface area contributed by atoms with Crippen LogP contribution in [0.25, 0.3) is 0 Å². The molecule has 3 atom stereocenters. The summed E-state index contributed by atoms with van der Waals surface area (Å²) in [4.78, 5) is 64.8. The number of nitrogens with one attached hydrogen (secondary N) is 2. The number of benzene rings is 2. The summed E-state index contributed by atoms with van der Waals surface area (Å²) in [5, 5.41) is 6.43. The van der Waals surface area contributed by atoms with Gasteiger partial charge >= 0.3 is 21.4 Å². The summed E-state index contributed by atoms with van der Waals surface area (Å²) < 4.78 is 54.4. The van der Waals surface area contributed by atoms with Crippen molar-refractivity contribution in [3.8, 4) is 11.5 Å². The summed E-state index contributed by atoms with van der Waals surface area (Å²) >= 11 is 5.79. The highest BCUT2D eigenvalue weighted by Gasteiger charge is 2.43. The largest absolute Gasteiger partial charge is 0.524 e. The Morgan fingerprint density at radius 2 is 1.83 bits per heavy atom. The van der Waals surface area contributed by atoms with Crippen LogP contribution in [0, 0.1) is 19.7 Å². The van der Waals surface area contributed by atoms with Crippen molar-refractivity contribution in [1.82, 2.24) is 10.6 Å². The number of rotatable bonds is 18. The summed E-state index contributed by atoms with van der Waals surface area (Å²) in [7, 11) is -7.42. The molecule has 1 amide bonds. The van der Waals surface area contributed by atoms with E-state index in [9.17, 15) is 42.7 Å². The van der Waals surface area contributed by atoms with Crippen molar-refractivity contribution in [3.63, 3.8) is 0 Å². The van der Waals surface area contributed by atoms with Crippen molar-refractivity contribution in [2.45, 2.75) is 116 Å². The molecule has 1 fully saturated rings. The molecular weight excluding hydrogens is 741 g/mol. The molecule has 0 aliphatic heterocycles. The first kappa shape index (κ1) is 43.9. The van der Waals surface area contributed by atoms with Crippen LogP contribution >= 0.6 is 27.0 Å². The van der Waals surface area contributed by atoms with Gasteiger partial charge in [-0.05, 0) is 87.9 Å². The van der Waals surface area contributed by atoms with E-state index < -0.39 is 44.8 Å². The van der Waals surface area contributed by atoms with Gasteiger partial charge in [-0.25, -0.2) is 8.96 Å². The Bertz CT molecular complexity index is 1680. The van der Waals surface area contributed by atoms with Gasteiger partial charge in [-0.15, -0.1) is 0 Å². The number of carbonyl (C=O) groups is 2. The van der Waals surface area contributed by atoms with E-state index in [1.54, 1.807) is 33.8 Å². The zero-order valence-corrected chi connectivity index (χ0v) is 33.1. The van der Waals surface area contributed by atoms with Crippen LogP contribution in [0.1, 0.15) is 94.4 Å². The number of carbonyl (C=O) groups excluding carboxylic acids is 2. The van der Waals surface area contributed by atoms with E-state index in [-0.39, 0.29) is 66.2 Å². The smallest absolute Gasteiger partial charge is 0.493 e. The molecule has 13 nitrogen and oxygen atoms in total. The minimum Gasteiger partial charge on any atom is -0.493 e. The Balaban J connectivity index is 1.86. The van der Waals surface area contributed by atoms with Crippen molar-refractivity contribution >= 4 is 38.9 Å². The van der Waals surface area contributed by atoms with Gasteiger partial charge in [0, 0.05) is 29.4 Å². The van der Waals surface area contributed by atoms with Gasteiger partial charge in [0.15, 0.2) is 0 Å². The first-order valence-electron chi connectivity index (χ1n) is 17.3. The molecule has 17 heteroatoms. The molecule has 0 bridgehead atoms. The van der Waals surface area contributed by atoms with Crippen LogP contribution in [-0.2, 0) is 35.3 Å². The highest BCUT2D eigenvalue weighted by molar-refractivity contribution is 7.51. The van der Waals surface area contributed by atoms with E-state index in [0.29, 0.717) is 35.3 Å². The molecule has 292 valence electrons. The molecule has 0 aromatic heterocycles. The van der Waals surface area contributed by atoms with E-state index in [1.807, 2.05) is 7.05 Å². The maximum absolute atomic E-state index is 13.9. The van der Waals surface area contributed by atoms with Gasteiger partial charge in [0.25, 0.3) is 0 Å². The predicted molar refractivity (Wildman–Crippen MR) is 195 cm³/mol. The predicted octanol–water partition coefficient (Wildman–Crippen LogP) is 6.15. The number of hydrogen-bond donors (Lipinski definition) is 6. The van der Waals surface area contributed by atoms with E-state index in [2.05, 4.69) is 17.6 Å². The summed E-state index contributed by atoms with van der Waals surface area (Å²) in [5.41, 5.74) is 0.325. The zero-order valence-electron chi connectivity index (χ0n) is 30.5. The highest BCUT2D eigenvalue weighted by atomic mass is 35.5. The summed E-state index contributed by atoms with van der Waals surface area (Å²) in [6.07, 6.45) is 2.47. The molecule has 0 heterocycles. The molecular formula is C35H52ClFN2O11P2. The normalized spacial score (nSPS) is 19.6. The topological polar surface area (TPSA) is 201 Å². The molecule has 0 spiro atoms. The number of aryl methyl sites for hydroxylation is 2. The first-order valence-corrected chi connectivity index (χ1v) is 21.0. The van der Waals surface area contributed by atoms with Gasteiger partial charge in [0.1, 0.15) is 23.4 Å². The molecule has 0 saturated heterocycles. The Kier molecular flexibility index (Phi) is 15.3. The van der Waals surface area contributed by atoms with Gasteiger partial charge in [-0.2, -0.15) is 0 Å². The van der Waals surface area contributed by atoms with Crippen LogP contribution in [0.4, 0.5) is 4.39 Å². The maximum atomic E-state index is 13.9. The third-order valence-corrected chi connectivity index (χ3v) is 11.1. The molecule has 3 unspecified atom stereocenters. The maximum Gasteiger partial charge on any atom is 0.524 e. The summed E-state index contributed by atoms with van der Waals surface area (Å²) in [6.45, 7) is 8.71. The number of halogens is 2. The molecule has 3 rings (SSSR count).